The number of carbonyl (C=O) groups excluding carboxylic acids is 1. The summed E-state index contributed by atoms with van der Waals surface area (Å²) in [6.45, 7) is 1.28. The fourth-order valence-corrected chi connectivity index (χ4v) is 4.54. The average molecular weight is 439 g/mol. The predicted molar refractivity (Wildman–Crippen MR) is 114 cm³/mol. The summed E-state index contributed by atoms with van der Waals surface area (Å²) in [5.74, 6) is 0.984. The Morgan fingerprint density at radius 2 is 1.45 bits per heavy atom. The van der Waals surface area contributed by atoms with E-state index in [1.165, 1.54) is 28.6 Å². The lowest BCUT2D eigenvalue weighted by Gasteiger charge is -2.26. The smallest absolute Gasteiger partial charge is 0.343 e. The van der Waals surface area contributed by atoms with E-state index < -0.39 is 16.0 Å². The standard InChI is InChI=1S/C23H21NO6S/c25-23(30-21-11-9-20(10-12-21)29-19-6-2-1-3-7-19)18-5-4-8-22(17-18)31(26,27)24-13-15-28-16-14-24/h1-12,17H,13-16H2. The first kappa shape index (κ1) is 21.0. The molecule has 0 radical (unpaired) electrons. The molecule has 0 aliphatic carbocycles. The van der Waals surface area contributed by atoms with Crippen molar-refractivity contribution in [2.45, 2.75) is 4.90 Å². The van der Waals surface area contributed by atoms with Crippen molar-refractivity contribution in [3.8, 4) is 17.2 Å². The normalized spacial score (nSPS) is 14.7. The van der Waals surface area contributed by atoms with Crippen LogP contribution in [-0.4, -0.2) is 45.0 Å². The first-order valence-electron chi connectivity index (χ1n) is 9.75. The molecule has 3 aromatic rings. The Balaban J connectivity index is 1.44. The van der Waals surface area contributed by atoms with Gasteiger partial charge in [-0.15, -0.1) is 0 Å². The number of hydrogen-bond donors (Lipinski definition) is 0. The molecule has 0 unspecified atom stereocenters. The van der Waals surface area contributed by atoms with Crippen LogP contribution in [0.2, 0.25) is 0 Å². The molecule has 1 fully saturated rings. The molecule has 3 aromatic carbocycles. The van der Waals surface area contributed by atoms with E-state index in [1.54, 1.807) is 24.3 Å². The molecule has 7 nitrogen and oxygen atoms in total. The zero-order chi connectivity index (χ0) is 21.7. The molecule has 0 atom stereocenters. The first-order valence-corrected chi connectivity index (χ1v) is 11.2. The van der Waals surface area contributed by atoms with Gasteiger partial charge in [0, 0.05) is 13.1 Å². The van der Waals surface area contributed by atoms with Gasteiger partial charge in [-0.2, -0.15) is 4.31 Å². The van der Waals surface area contributed by atoms with Gasteiger partial charge in [-0.05, 0) is 54.6 Å². The first-order chi connectivity index (χ1) is 15.0. The van der Waals surface area contributed by atoms with Crippen LogP contribution in [0.1, 0.15) is 10.4 Å². The molecular formula is C23H21NO6S. The number of benzene rings is 3. The highest BCUT2D eigenvalue weighted by atomic mass is 32.2. The van der Waals surface area contributed by atoms with Crippen LogP contribution in [0.5, 0.6) is 17.2 Å². The highest BCUT2D eigenvalue weighted by Crippen LogP contribution is 2.24. The largest absolute Gasteiger partial charge is 0.457 e. The number of morpholine rings is 1. The van der Waals surface area contributed by atoms with E-state index in [4.69, 9.17) is 14.2 Å². The third kappa shape index (κ3) is 5.11. The number of hydrogen-bond acceptors (Lipinski definition) is 6. The maximum atomic E-state index is 12.8. The van der Waals surface area contributed by atoms with Crippen molar-refractivity contribution < 1.29 is 27.4 Å². The molecule has 1 aliphatic rings. The van der Waals surface area contributed by atoms with Crippen molar-refractivity contribution in [3.05, 3.63) is 84.4 Å². The van der Waals surface area contributed by atoms with Gasteiger partial charge in [0.2, 0.25) is 10.0 Å². The number of para-hydroxylation sites is 1. The summed E-state index contributed by atoms with van der Waals surface area (Å²) in [5.41, 5.74) is 0.152. The SMILES string of the molecule is O=C(Oc1ccc(Oc2ccccc2)cc1)c1cccc(S(=O)(=O)N2CCOCC2)c1. The topological polar surface area (TPSA) is 82.1 Å². The van der Waals surface area contributed by atoms with E-state index in [2.05, 4.69) is 0 Å². The van der Waals surface area contributed by atoms with Crippen LogP contribution in [0, 0.1) is 0 Å². The van der Waals surface area contributed by atoms with Crippen molar-refractivity contribution in [1.29, 1.82) is 0 Å². The van der Waals surface area contributed by atoms with Gasteiger partial charge in [-0.1, -0.05) is 24.3 Å². The molecule has 1 heterocycles. The Labute approximate surface area is 180 Å². The Kier molecular flexibility index (Phi) is 6.31. The average Bonchev–Trinajstić information content (AvgIpc) is 2.82. The Morgan fingerprint density at radius 3 is 2.16 bits per heavy atom. The molecule has 0 aromatic heterocycles. The van der Waals surface area contributed by atoms with E-state index in [1.807, 2.05) is 30.3 Å². The minimum absolute atomic E-state index is 0.0514. The number of rotatable bonds is 6. The van der Waals surface area contributed by atoms with Crippen LogP contribution in [-0.2, 0) is 14.8 Å². The fraction of sp³-hybridized carbons (Fsp3) is 0.174. The highest BCUT2D eigenvalue weighted by molar-refractivity contribution is 7.89. The van der Waals surface area contributed by atoms with E-state index in [-0.39, 0.29) is 23.5 Å². The number of sulfonamides is 1. The summed E-state index contributed by atoms with van der Waals surface area (Å²) >= 11 is 0. The lowest BCUT2D eigenvalue weighted by Crippen LogP contribution is -2.40. The van der Waals surface area contributed by atoms with E-state index in [0.717, 1.165) is 0 Å². The highest BCUT2D eigenvalue weighted by Gasteiger charge is 2.27. The quantitative estimate of drug-likeness (QED) is 0.430. The van der Waals surface area contributed by atoms with E-state index in [9.17, 15) is 13.2 Å². The Hall–Kier alpha value is -3.20. The van der Waals surface area contributed by atoms with Gasteiger partial charge in [0.05, 0.1) is 23.7 Å². The van der Waals surface area contributed by atoms with Gasteiger partial charge >= 0.3 is 5.97 Å². The summed E-state index contributed by atoms with van der Waals surface area (Å²) in [7, 11) is -3.70. The van der Waals surface area contributed by atoms with Gasteiger partial charge in [-0.3, -0.25) is 0 Å². The minimum atomic E-state index is -3.70. The lowest BCUT2D eigenvalue weighted by atomic mass is 10.2. The molecule has 1 aliphatic heterocycles. The molecular weight excluding hydrogens is 418 g/mol. The van der Waals surface area contributed by atoms with Crippen molar-refractivity contribution in [2.24, 2.45) is 0 Å². The van der Waals surface area contributed by atoms with Gasteiger partial charge in [0.1, 0.15) is 17.2 Å². The molecule has 0 amide bonds. The van der Waals surface area contributed by atoms with Crippen molar-refractivity contribution in [1.82, 2.24) is 4.31 Å². The summed E-state index contributed by atoms with van der Waals surface area (Å²) < 4.78 is 43.3. The summed E-state index contributed by atoms with van der Waals surface area (Å²) in [6.07, 6.45) is 0. The molecule has 0 bridgehead atoms. The molecule has 0 N–H and O–H groups in total. The van der Waals surface area contributed by atoms with E-state index in [0.29, 0.717) is 30.5 Å². The second-order valence-electron chi connectivity index (χ2n) is 6.82. The second-order valence-corrected chi connectivity index (χ2v) is 8.76. The zero-order valence-electron chi connectivity index (χ0n) is 16.6. The summed E-state index contributed by atoms with van der Waals surface area (Å²) in [5, 5.41) is 0. The molecule has 0 saturated carbocycles. The third-order valence-electron chi connectivity index (χ3n) is 4.69. The van der Waals surface area contributed by atoms with Crippen molar-refractivity contribution >= 4 is 16.0 Å². The van der Waals surface area contributed by atoms with Gasteiger partial charge in [0.25, 0.3) is 0 Å². The van der Waals surface area contributed by atoms with Crippen LogP contribution in [0.3, 0.4) is 0 Å². The Bertz CT molecular complexity index is 1140. The van der Waals surface area contributed by atoms with E-state index >= 15 is 0 Å². The van der Waals surface area contributed by atoms with Crippen LogP contribution < -0.4 is 9.47 Å². The van der Waals surface area contributed by atoms with Gasteiger partial charge < -0.3 is 14.2 Å². The number of nitrogens with zero attached hydrogens (tertiary/aromatic N) is 1. The fourth-order valence-electron chi connectivity index (χ4n) is 3.09. The lowest BCUT2D eigenvalue weighted by molar-refractivity contribution is 0.0727. The monoisotopic (exact) mass is 439 g/mol. The van der Waals surface area contributed by atoms with Crippen LogP contribution in [0.25, 0.3) is 0 Å². The molecule has 1 saturated heterocycles. The summed E-state index contributed by atoms with van der Waals surface area (Å²) in [6, 6.07) is 21.8. The molecule has 160 valence electrons. The van der Waals surface area contributed by atoms with Crippen LogP contribution >= 0.6 is 0 Å². The third-order valence-corrected chi connectivity index (χ3v) is 6.59. The molecule has 8 heteroatoms. The minimum Gasteiger partial charge on any atom is -0.457 e. The summed E-state index contributed by atoms with van der Waals surface area (Å²) in [4.78, 5) is 12.6. The molecule has 4 rings (SSSR count). The zero-order valence-corrected chi connectivity index (χ0v) is 17.5. The van der Waals surface area contributed by atoms with Gasteiger partial charge in [0.15, 0.2) is 0 Å². The van der Waals surface area contributed by atoms with Gasteiger partial charge in [-0.25, -0.2) is 13.2 Å². The second kappa shape index (κ2) is 9.30. The van der Waals surface area contributed by atoms with Crippen LogP contribution in [0.4, 0.5) is 0 Å². The van der Waals surface area contributed by atoms with Crippen molar-refractivity contribution in [2.75, 3.05) is 26.3 Å². The van der Waals surface area contributed by atoms with Crippen molar-refractivity contribution in [3.63, 3.8) is 0 Å². The number of ether oxygens (including phenoxy) is 3. The van der Waals surface area contributed by atoms with Crippen LogP contribution in [0.15, 0.2) is 83.8 Å². The number of esters is 1. The number of carbonyl (C=O) groups is 1. The Morgan fingerprint density at radius 1 is 0.806 bits per heavy atom. The maximum Gasteiger partial charge on any atom is 0.343 e. The molecule has 31 heavy (non-hydrogen) atoms. The maximum absolute atomic E-state index is 12.8. The predicted octanol–water partition coefficient (Wildman–Crippen LogP) is 3.72. The molecule has 0 spiro atoms.